The Kier molecular flexibility index (Phi) is 6.24. The molecule has 0 radical (unpaired) electrons. The topological polar surface area (TPSA) is 71.8 Å². The van der Waals surface area contributed by atoms with Crippen LogP contribution in [0.15, 0.2) is 6.20 Å². The van der Waals surface area contributed by atoms with E-state index < -0.39 is 0 Å². The summed E-state index contributed by atoms with van der Waals surface area (Å²) in [5.74, 6) is 0.0956. The highest BCUT2D eigenvalue weighted by atomic mass is 16.1. The summed E-state index contributed by atoms with van der Waals surface area (Å²) in [5, 5.41) is 14.0. The van der Waals surface area contributed by atoms with Gasteiger partial charge in [0.15, 0.2) is 0 Å². The molecule has 0 saturated carbocycles. The molecule has 0 aliphatic rings. The Morgan fingerprint density at radius 1 is 1.47 bits per heavy atom. The van der Waals surface area contributed by atoms with Gasteiger partial charge in [0.25, 0.3) is 0 Å². The van der Waals surface area contributed by atoms with Gasteiger partial charge in [-0.3, -0.25) is 9.48 Å². The Hall–Kier alpha value is -1.43. The van der Waals surface area contributed by atoms with Crippen LogP contribution in [-0.2, 0) is 17.8 Å². The second-order valence-corrected chi connectivity index (χ2v) is 3.88. The molecule has 6 nitrogen and oxygen atoms in total. The van der Waals surface area contributed by atoms with Gasteiger partial charge in [0, 0.05) is 38.7 Å². The van der Waals surface area contributed by atoms with Crippen molar-refractivity contribution in [1.29, 1.82) is 0 Å². The van der Waals surface area contributed by atoms with E-state index >= 15 is 0 Å². The molecule has 0 atom stereocenters. The van der Waals surface area contributed by atoms with Gasteiger partial charge in [-0.1, -0.05) is 12.1 Å². The molecule has 6 heteroatoms. The summed E-state index contributed by atoms with van der Waals surface area (Å²) in [4.78, 5) is 11.0. The van der Waals surface area contributed by atoms with Crippen LogP contribution in [0.25, 0.3) is 0 Å². The monoisotopic (exact) mass is 239 g/mol. The van der Waals surface area contributed by atoms with E-state index in [0.717, 1.165) is 31.6 Å². The first-order valence-corrected chi connectivity index (χ1v) is 6.06. The predicted octanol–water partition coefficient (Wildman–Crippen LogP) is -0.0437. The standard InChI is InChI=1S/C11H21N5O/c1-3-11(17)13-6-4-8-16-9-10(14-15-16)5-7-12-2/h9,12H,3-8H2,1-2H3,(H,13,17). The number of rotatable bonds is 8. The van der Waals surface area contributed by atoms with Gasteiger partial charge in [0.05, 0.1) is 5.69 Å². The lowest BCUT2D eigenvalue weighted by atomic mass is 10.3. The van der Waals surface area contributed by atoms with Crippen molar-refractivity contribution < 1.29 is 4.79 Å². The van der Waals surface area contributed by atoms with E-state index in [2.05, 4.69) is 20.9 Å². The fourth-order valence-electron chi connectivity index (χ4n) is 1.41. The SMILES string of the molecule is CCC(=O)NCCCn1cc(CCNC)nn1. The molecule has 2 N–H and O–H groups in total. The average molecular weight is 239 g/mol. The number of nitrogens with zero attached hydrogens (tertiary/aromatic N) is 3. The number of hydrogen-bond acceptors (Lipinski definition) is 4. The molecule has 0 saturated heterocycles. The summed E-state index contributed by atoms with van der Waals surface area (Å²) in [7, 11) is 1.92. The lowest BCUT2D eigenvalue weighted by molar-refractivity contribution is -0.120. The van der Waals surface area contributed by atoms with Gasteiger partial charge in [-0.05, 0) is 13.5 Å². The van der Waals surface area contributed by atoms with Crippen molar-refractivity contribution in [2.45, 2.75) is 32.7 Å². The lowest BCUT2D eigenvalue weighted by Gasteiger charge is -2.02. The molecule has 1 aromatic rings. The number of aromatic nitrogens is 3. The van der Waals surface area contributed by atoms with Crippen molar-refractivity contribution in [2.75, 3.05) is 20.1 Å². The summed E-state index contributed by atoms with van der Waals surface area (Å²) < 4.78 is 1.82. The van der Waals surface area contributed by atoms with Gasteiger partial charge in [-0.2, -0.15) is 0 Å². The molecule has 1 heterocycles. The predicted molar refractivity (Wildman–Crippen MR) is 65.6 cm³/mol. The van der Waals surface area contributed by atoms with Crippen molar-refractivity contribution >= 4 is 5.91 Å². The Balaban J connectivity index is 2.18. The van der Waals surface area contributed by atoms with E-state index in [-0.39, 0.29) is 5.91 Å². The summed E-state index contributed by atoms with van der Waals surface area (Å²) in [5.41, 5.74) is 0.997. The fourth-order valence-corrected chi connectivity index (χ4v) is 1.41. The van der Waals surface area contributed by atoms with Crippen LogP contribution in [0.1, 0.15) is 25.5 Å². The van der Waals surface area contributed by atoms with E-state index in [1.807, 2.05) is 24.9 Å². The third-order valence-corrected chi connectivity index (χ3v) is 2.42. The van der Waals surface area contributed by atoms with Crippen molar-refractivity contribution in [3.8, 4) is 0 Å². The minimum Gasteiger partial charge on any atom is -0.356 e. The van der Waals surface area contributed by atoms with Crippen molar-refractivity contribution in [3.63, 3.8) is 0 Å². The molecule has 1 rings (SSSR count). The fraction of sp³-hybridized carbons (Fsp3) is 0.727. The van der Waals surface area contributed by atoms with Gasteiger partial charge in [0.1, 0.15) is 0 Å². The number of likely N-dealkylation sites (N-methyl/N-ethyl adjacent to an activating group) is 1. The van der Waals surface area contributed by atoms with Crippen LogP contribution in [0.4, 0.5) is 0 Å². The van der Waals surface area contributed by atoms with Crippen LogP contribution in [-0.4, -0.2) is 41.0 Å². The number of carbonyl (C=O) groups excluding carboxylic acids is 1. The molecule has 0 aliphatic carbocycles. The highest BCUT2D eigenvalue weighted by Crippen LogP contribution is 1.95. The van der Waals surface area contributed by atoms with Gasteiger partial charge in [-0.15, -0.1) is 5.10 Å². The maximum atomic E-state index is 11.0. The third-order valence-electron chi connectivity index (χ3n) is 2.42. The molecule has 0 aromatic carbocycles. The van der Waals surface area contributed by atoms with E-state index in [1.165, 1.54) is 0 Å². The highest BCUT2D eigenvalue weighted by molar-refractivity contribution is 5.75. The smallest absolute Gasteiger partial charge is 0.219 e. The molecule has 0 unspecified atom stereocenters. The van der Waals surface area contributed by atoms with Crippen LogP contribution in [0.3, 0.4) is 0 Å². The van der Waals surface area contributed by atoms with Crippen molar-refractivity contribution in [3.05, 3.63) is 11.9 Å². The largest absolute Gasteiger partial charge is 0.356 e. The Bertz CT molecular complexity index is 336. The second-order valence-electron chi connectivity index (χ2n) is 3.88. The zero-order chi connectivity index (χ0) is 12.5. The first-order valence-electron chi connectivity index (χ1n) is 6.06. The van der Waals surface area contributed by atoms with Crippen LogP contribution in [0.2, 0.25) is 0 Å². The van der Waals surface area contributed by atoms with Crippen LogP contribution in [0.5, 0.6) is 0 Å². The highest BCUT2D eigenvalue weighted by Gasteiger charge is 2.00. The maximum Gasteiger partial charge on any atom is 0.219 e. The summed E-state index contributed by atoms with van der Waals surface area (Å²) in [6.45, 7) is 4.24. The molecule has 1 aromatic heterocycles. The van der Waals surface area contributed by atoms with Crippen molar-refractivity contribution in [1.82, 2.24) is 25.6 Å². The van der Waals surface area contributed by atoms with Gasteiger partial charge >= 0.3 is 0 Å². The molecule has 0 fully saturated rings. The van der Waals surface area contributed by atoms with E-state index in [4.69, 9.17) is 0 Å². The number of carbonyl (C=O) groups is 1. The summed E-state index contributed by atoms with van der Waals surface area (Å²) in [6, 6.07) is 0. The third kappa shape index (κ3) is 5.44. The minimum absolute atomic E-state index is 0.0956. The zero-order valence-corrected chi connectivity index (χ0v) is 10.6. The van der Waals surface area contributed by atoms with Gasteiger partial charge in [-0.25, -0.2) is 0 Å². The molecule has 0 aliphatic heterocycles. The number of nitrogens with one attached hydrogen (secondary N) is 2. The number of amides is 1. The summed E-state index contributed by atoms with van der Waals surface area (Å²) >= 11 is 0. The lowest BCUT2D eigenvalue weighted by Crippen LogP contribution is -2.24. The van der Waals surface area contributed by atoms with E-state index in [1.54, 1.807) is 0 Å². The normalized spacial score (nSPS) is 10.5. The molecule has 96 valence electrons. The Labute approximate surface area is 102 Å². The van der Waals surface area contributed by atoms with Crippen LogP contribution >= 0.6 is 0 Å². The number of hydrogen-bond donors (Lipinski definition) is 2. The quantitative estimate of drug-likeness (QED) is 0.624. The summed E-state index contributed by atoms with van der Waals surface area (Å²) in [6.07, 6.45) is 4.26. The first-order chi connectivity index (χ1) is 8.26. The average Bonchev–Trinajstić information content (AvgIpc) is 2.79. The van der Waals surface area contributed by atoms with Gasteiger partial charge < -0.3 is 10.6 Å². The molecular formula is C11H21N5O. The van der Waals surface area contributed by atoms with Crippen LogP contribution < -0.4 is 10.6 Å². The molecule has 1 amide bonds. The second kappa shape index (κ2) is 7.78. The first kappa shape index (κ1) is 13.6. The molecular weight excluding hydrogens is 218 g/mol. The minimum atomic E-state index is 0.0956. The maximum absolute atomic E-state index is 11.0. The molecule has 17 heavy (non-hydrogen) atoms. The van der Waals surface area contributed by atoms with Crippen LogP contribution in [0, 0.1) is 0 Å². The Morgan fingerprint density at radius 3 is 3.00 bits per heavy atom. The Morgan fingerprint density at radius 2 is 2.29 bits per heavy atom. The molecule has 0 spiro atoms. The van der Waals surface area contributed by atoms with E-state index in [9.17, 15) is 4.79 Å². The number of aryl methyl sites for hydroxylation is 1. The zero-order valence-electron chi connectivity index (χ0n) is 10.6. The van der Waals surface area contributed by atoms with E-state index in [0.29, 0.717) is 13.0 Å². The molecule has 0 bridgehead atoms. The van der Waals surface area contributed by atoms with Crippen molar-refractivity contribution in [2.24, 2.45) is 0 Å². The van der Waals surface area contributed by atoms with Gasteiger partial charge in [0.2, 0.25) is 5.91 Å².